The number of benzene rings is 18. The van der Waals surface area contributed by atoms with Crippen LogP contribution in [0.25, 0.3) is 221 Å². The molecule has 9 heteroatoms. The summed E-state index contributed by atoms with van der Waals surface area (Å²) in [5.41, 5.74) is 21.7. The van der Waals surface area contributed by atoms with Gasteiger partial charge in [-0.05, 0) is 135 Å². The average molecular weight is 1480 g/mol. The molecule has 0 radical (unpaired) electrons. The molecule has 6 heterocycles. The Balaban J connectivity index is 0.000000137. The lowest BCUT2D eigenvalue weighted by molar-refractivity contribution is 1.07. The Morgan fingerprint density at radius 3 is 0.853 bits per heavy atom. The molecule has 24 aromatic rings. The molecule has 24 rings (SSSR count). The van der Waals surface area contributed by atoms with Crippen LogP contribution < -0.4 is 0 Å². The number of hydrogen-bond donors (Lipinski definition) is 0. The van der Waals surface area contributed by atoms with Crippen LogP contribution in [0, 0.1) is 0 Å². The molecule has 0 bridgehead atoms. The zero-order valence-corrected chi connectivity index (χ0v) is 62.7. The van der Waals surface area contributed by atoms with Gasteiger partial charge in [-0.2, -0.15) is 0 Å². The van der Waals surface area contributed by atoms with Gasteiger partial charge in [0.25, 0.3) is 0 Å². The highest BCUT2D eigenvalue weighted by atomic mass is 15.0. The minimum absolute atomic E-state index is 0.640. The lowest BCUT2D eigenvalue weighted by atomic mass is 10.0. The van der Waals surface area contributed by atoms with Crippen LogP contribution in [0.2, 0.25) is 0 Å². The van der Waals surface area contributed by atoms with Crippen LogP contribution in [0.1, 0.15) is 0 Å². The molecule has 0 atom stereocenters. The highest BCUT2D eigenvalue weighted by molar-refractivity contribution is 6.22. The van der Waals surface area contributed by atoms with Gasteiger partial charge in [0.2, 0.25) is 0 Å². The minimum Gasteiger partial charge on any atom is -0.309 e. The van der Waals surface area contributed by atoms with Gasteiger partial charge in [0.1, 0.15) is 0 Å². The van der Waals surface area contributed by atoms with Crippen molar-refractivity contribution in [3.8, 4) is 90.8 Å². The summed E-state index contributed by atoms with van der Waals surface area (Å²) in [5, 5.41) is 19.3. The van der Waals surface area contributed by atoms with Crippen LogP contribution in [0.15, 0.2) is 406 Å². The van der Waals surface area contributed by atoms with Crippen molar-refractivity contribution in [2.75, 3.05) is 0 Å². The third kappa shape index (κ3) is 11.0. The fourth-order valence-electron chi connectivity index (χ4n) is 17.8. The zero-order chi connectivity index (χ0) is 76.3. The molecule has 9 nitrogen and oxygen atoms in total. The molecule has 540 valence electrons. The fraction of sp³-hybridized carbons (Fsp3) is 0. The van der Waals surface area contributed by atoms with Crippen molar-refractivity contribution in [1.29, 1.82) is 0 Å². The molecule has 0 aliphatic heterocycles. The molecular formula is C107H67N9. The predicted molar refractivity (Wildman–Crippen MR) is 482 cm³/mol. The number of aromatic nitrogens is 9. The van der Waals surface area contributed by atoms with Gasteiger partial charge in [-0.1, -0.05) is 303 Å². The standard InChI is InChI=1S/C54H34N4.C53H33N5/c1-3-15-36(16-4-1)47-33-48(37-17-5-2-6-18-37)56-54(55-47)40-27-29-42-39(30-40)20-13-25-49(42)58-51-24-12-10-22-44(51)46-32-45-43-21-9-11-23-50(43)57(52(45)34-53(46)58)41-28-26-35-14-7-8-19-38(35)31-41;1-3-15-35(16-4-1)51-54-52(36-17-5-2-6-18-36)56-53(55-51)39-27-29-41-38(30-39)20-13-25-46(41)58-48-24-12-10-22-43(48)45-32-44-42-21-9-11-23-47(42)57(49(44)33-50(45)58)40-28-26-34-14-7-8-19-37(34)31-40/h1-34H;1-33H. The van der Waals surface area contributed by atoms with Crippen molar-refractivity contribution in [3.63, 3.8) is 0 Å². The molecule has 0 saturated carbocycles. The summed E-state index contributed by atoms with van der Waals surface area (Å²) >= 11 is 0. The zero-order valence-electron chi connectivity index (χ0n) is 62.7. The second-order valence-electron chi connectivity index (χ2n) is 29.9. The van der Waals surface area contributed by atoms with Crippen LogP contribution in [-0.4, -0.2) is 43.2 Å². The molecule has 0 aliphatic carbocycles. The fourth-order valence-corrected chi connectivity index (χ4v) is 17.8. The molecule has 0 unspecified atom stereocenters. The summed E-state index contributed by atoms with van der Waals surface area (Å²) in [7, 11) is 0. The molecule has 0 amide bonds. The van der Waals surface area contributed by atoms with Crippen molar-refractivity contribution in [1.82, 2.24) is 43.2 Å². The van der Waals surface area contributed by atoms with Gasteiger partial charge in [0.05, 0.1) is 66.9 Å². The summed E-state index contributed by atoms with van der Waals surface area (Å²) < 4.78 is 9.75. The van der Waals surface area contributed by atoms with E-state index in [4.69, 9.17) is 24.9 Å². The Hall–Kier alpha value is -15.7. The highest BCUT2D eigenvalue weighted by Gasteiger charge is 2.24. The van der Waals surface area contributed by atoms with Gasteiger partial charge < -0.3 is 18.3 Å². The largest absolute Gasteiger partial charge is 0.309 e. The molecule has 0 spiro atoms. The van der Waals surface area contributed by atoms with E-state index in [0.29, 0.717) is 23.3 Å². The van der Waals surface area contributed by atoms with Crippen LogP contribution in [0.3, 0.4) is 0 Å². The average Bonchev–Trinajstić information content (AvgIpc) is 1.55. The highest BCUT2D eigenvalue weighted by Crippen LogP contribution is 2.45. The molecule has 116 heavy (non-hydrogen) atoms. The maximum Gasteiger partial charge on any atom is 0.164 e. The topological polar surface area (TPSA) is 84.2 Å². The Morgan fingerprint density at radius 1 is 0.147 bits per heavy atom. The second-order valence-corrected chi connectivity index (χ2v) is 29.9. The van der Waals surface area contributed by atoms with E-state index < -0.39 is 0 Å². The summed E-state index contributed by atoms with van der Waals surface area (Å²) in [6.45, 7) is 0. The molecular weight excluding hydrogens is 1410 g/mol. The summed E-state index contributed by atoms with van der Waals surface area (Å²) in [6.07, 6.45) is 0. The molecule has 0 saturated heterocycles. The molecule has 0 fully saturated rings. The molecule has 6 aromatic heterocycles. The Labute approximate surface area is 666 Å². The van der Waals surface area contributed by atoms with Gasteiger partial charge in [-0.3, -0.25) is 0 Å². The summed E-state index contributed by atoms with van der Waals surface area (Å²) in [5.74, 6) is 2.64. The first-order chi connectivity index (χ1) is 57.5. The molecule has 18 aromatic carbocycles. The van der Waals surface area contributed by atoms with Crippen LogP contribution >= 0.6 is 0 Å². The van der Waals surface area contributed by atoms with Gasteiger partial charge >= 0.3 is 0 Å². The van der Waals surface area contributed by atoms with Gasteiger partial charge in [-0.15, -0.1) is 0 Å². The van der Waals surface area contributed by atoms with Crippen molar-refractivity contribution in [3.05, 3.63) is 406 Å². The lowest BCUT2D eigenvalue weighted by Crippen LogP contribution is -2.00. The first kappa shape index (κ1) is 66.1. The van der Waals surface area contributed by atoms with E-state index in [2.05, 4.69) is 352 Å². The lowest BCUT2D eigenvalue weighted by Gasteiger charge is -2.14. The van der Waals surface area contributed by atoms with Crippen molar-refractivity contribution < 1.29 is 0 Å². The third-order valence-electron chi connectivity index (χ3n) is 23.2. The first-order valence-corrected chi connectivity index (χ1v) is 39.4. The maximum absolute atomic E-state index is 5.14. The van der Waals surface area contributed by atoms with Crippen LogP contribution in [-0.2, 0) is 0 Å². The second kappa shape index (κ2) is 27.1. The Morgan fingerprint density at radius 2 is 0.457 bits per heavy atom. The number of hydrogen-bond acceptors (Lipinski definition) is 5. The minimum atomic E-state index is 0.640. The number of nitrogens with zero attached hydrogens (tertiary/aromatic N) is 9. The Bertz CT molecular complexity index is 7490. The molecule has 0 N–H and O–H groups in total. The smallest absolute Gasteiger partial charge is 0.164 e. The van der Waals surface area contributed by atoms with E-state index in [0.717, 1.165) is 94.6 Å². The number of rotatable bonds is 10. The quantitative estimate of drug-likeness (QED) is 0.136. The summed E-state index contributed by atoms with van der Waals surface area (Å²) in [6, 6.07) is 145. The summed E-state index contributed by atoms with van der Waals surface area (Å²) in [4.78, 5) is 25.2. The van der Waals surface area contributed by atoms with Crippen molar-refractivity contribution >= 4 is 130 Å². The van der Waals surface area contributed by atoms with E-state index in [-0.39, 0.29) is 0 Å². The van der Waals surface area contributed by atoms with Crippen LogP contribution in [0.5, 0.6) is 0 Å². The number of fused-ring (bicyclic) bond motifs is 16. The van der Waals surface area contributed by atoms with E-state index in [9.17, 15) is 0 Å². The predicted octanol–water partition coefficient (Wildman–Crippen LogP) is 27.4. The SMILES string of the molecule is c1ccc(-c2cc(-c3ccccc3)nc(-c3ccc4c(-n5c6ccccc6c6cc7c8ccccc8n(-c8ccc9ccccc9c8)c7cc65)cccc4c3)n2)cc1.c1ccc(-c2nc(-c3ccccc3)nc(-c3ccc4c(-n5c6ccccc6c6cc7c8ccccc8n(-c8ccc9ccccc9c8)c7cc65)cccc4c3)n2)cc1. The molecule has 0 aliphatic rings. The van der Waals surface area contributed by atoms with E-state index in [1.54, 1.807) is 0 Å². The number of para-hydroxylation sites is 4. The normalized spacial score (nSPS) is 11.8. The van der Waals surface area contributed by atoms with Crippen LogP contribution in [0.4, 0.5) is 0 Å². The monoisotopic (exact) mass is 1480 g/mol. The van der Waals surface area contributed by atoms with Gasteiger partial charge in [-0.25, -0.2) is 24.9 Å². The van der Waals surface area contributed by atoms with Gasteiger partial charge in [0.15, 0.2) is 23.3 Å². The Kier molecular flexibility index (Phi) is 15.4. The van der Waals surface area contributed by atoms with Crippen molar-refractivity contribution in [2.45, 2.75) is 0 Å². The maximum atomic E-state index is 5.14. The van der Waals surface area contributed by atoms with E-state index >= 15 is 0 Å². The van der Waals surface area contributed by atoms with Gasteiger partial charge in [0, 0.05) is 98.6 Å². The van der Waals surface area contributed by atoms with Crippen molar-refractivity contribution in [2.24, 2.45) is 0 Å². The first-order valence-electron chi connectivity index (χ1n) is 39.4. The third-order valence-corrected chi connectivity index (χ3v) is 23.2. The van der Waals surface area contributed by atoms with E-state index in [1.165, 1.54) is 103 Å². The van der Waals surface area contributed by atoms with E-state index in [1.807, 2.05) is 72.8 Å².